The van der Waals surface area contributed by atoms with Gasteiger partial charge in [-0.1, -0.05) is 72.8 Å². The van der Waals surface area contributed by atoms with E-state index in [1.54, 1.807) is 0 Å². The Bertz CT molecular complexity index is 2530. The third-order valence-corrected chi connectivity index (χ3v) is 8.95. The van der Waals surface area contributed by atoms with Gasteiger partial charge in [0.25, 0.3) is 0 Å². The highest BCUT2D eigenvalue weighted by Crippen LogP contribution is 2.38. The maximum Gasteiger partial charge on any atom is 0.302 e. The standard InChI is InChI=1S/C38H24N4O/c1-5-13-32-24(9-1)23-43-38-39-31-22-26(18-20-37(31)42(32)38)41-35-16-8-4-12-29(35)30-21-25(17-19-36(30)41)40-33-14-6-2-10-27(33)28-11-3-7-15-34(28)40/h1-22H,23H2. The maximum atomic E-state index is 6.06. The van der Waals surface area contributed by atoms with Gasteiger partial charge in [-0.15, -0.1) is 0 Å². The molecule has 5 nitrogen and oxygen atoms in total. The molecule has 0 aliphatic carbocycles. The summed E-state index contributed by atoms with van der Waals surface area (Å²) in [5.41, 5.74) is 11.2. The summed E-state index contributed by atoms with van der Waals surface area (Å²) in [5, 5.41) is 4.98. The van der Waals surface area contributed by atoms with Crippen molar-refractivity contribution < 1.29 is 4.74 Å². The van der Waals surface area contributed by atoms with Crippen molar-refractivity contribution in [3.8, 4) is 23.1 Å². The molecular formula is C38H24N4O. The van der Waals surface area contributed by atoms with Crippen molar-refractivity contribution in [1.82, 2.24) is 18.7 Å². The Morgan fingerprint density at radius 2 is 1.00 bits per heavy atom. The van der Waals surface area contributed by atoms with Crippen LogP contribution < -0.4 is 4.74 Å². The SMILES string of the molecule is c1ccc2c(c1)COc1nc3cc(-n4c5ccccc5c5cc(-n6c7ccccc7c7ccccc76)ccc54)ccc3n1-2. The highest BCUT2D eigenvalue weighted by atomic mass is 16.5. The molecule has 43 heavy (non-hydrogen) atoms. The van der Waals surface area contributed by atoms with Crippen molar-refractivity contribution >= 4 is 54.6 Å². The average Bonchev–Trinajstić information content (AvgIpc) is 3.72. The molecule has 0 radical (unpaired) electrons. The molecule has 0 bridgehead atoms. The average molecular weight is 553 g/mol. The van der Waals surface area contributed by atoms with Gasteiger partial charge in [-0.05, 0) is 60.7 Å². The fourth-order valence-electron chi connectivity index (χ4n) is 7.09. The van der Waals surface area contributed by atoms with Crippen molar-refractivity contribution in [3.63, 3.8) is 0 Å². The molecule has 5 heteroatoms. The third-order valence-electron chi connectivity index (χ3n) is 8.95. The molecule has 0 N–H and O–H groups in total. The summed E-state index contributed by atoms with van der Waals surface area (Å²) in [4.78, 5) is 4.91. The smallest absolute Gasteiger partial charge is 0.302 e. The fourth-order valence-corrected chi connectivity index (χ4v) is 7.09. The summed E-state index contributed by atoms with van der Waals surface area (Å²) in [6.07, 6.45) is 0. The molecule has 0 spiro atoms. The van der Waals surface area contributed by atoms with E-state index in [1.165, 1.54) is 43.7 Å². The van der Waals surface area contributed by atoms with Crippen LogP contribution in [0.5, 0.6) is 6.01 Å². The number of benzene rings is 6. The van der Waals surface area contributed by atoms with E-state index in [0.29, 0.717) is 12.6 Å². The molecular weight excluding hydrogens is 528 g/mol. The molecule has 0 unspecified atom stereocenters. The molecule has 0 saturated carbocycles. The lowest BCUT2D eigenvalue weighted by molar-refractivity contribution is 0.265. The van der Waals surface area contributed by atoms with Gasteiger partial charge in [-0.3, -0.25) is 4.57 Å². The lowest BCUT2D eigenvalue weighted by Gasteiger charge is -2.19. The van der Waals surface area contributed by atoms with Crippen LogP contribution >= 0.6 is 0 Å². The molecule has 9 aromatic rings. The number of hydrogen-bond acceptors (Lipinski definition) is 2. The van der Waals surface area contributed by atoms with E-state index in [1.807, 2.05) is 0 Å². The van der Waals surface area contributed by atoms with Crippen LogP contribution in [-0.2, 0) is 6.61 Å². The van der Waals surface area contributed by atoms with E-state index in [0.717, 1.165) is 33.6 Å². The number of rotatable bonds is 2. The Morgan fingerprint density at radius 3 is 1.70 bits per heavy atom. The van der Waals surface area contributed by atoms with Crippen LogP contribution in [0.25, 0.3) is 71.7 Å². The van der Waals surface area contributed by atoms with Crippen LogP contribution in [0.4, 0.5) is 0 Å². The molecule has 0 saturated heterocycles. The highest BCUT2D eigenvalue weighted by molar-refractivity contribution is 6.12. The number of ether oxygens (including phenoxy) is 1. The first-order valence-electron chi connectivity index (χ1n) is 14.6. The first-order valence-corrected chi connectivity index (χ1v) is 14.6. The van der Waals surface area contributed by atoms with Gasteiger partial charge in [0.2, 0.25) is 0 Å². The fraction of sp³-hybridized carbons (Fsp3) is 0.0263. The normalized spacial score (nSPS) is 12.7. The molecule has 0 atom stereocenters. The number of hydrogen-bond donors (Lipinski definition) is 0. The van der Waals surface area contributed by atoms with Crippen molar-refractivity contribution in [1.29, 1.82) is 0 Å². The van der Waals surface area contributed by atoms with Gasteiger partial charge < -0.3 is 13.9 Å². The summed E-state index contributed by atoms with van der Waals surface area (Å²) < 4.78 is 12.9. The van der Waals surface area contributed by atoms with Crippen LogP contribution in [0.2, 0.25) is 0 Å². The zero-order valence-electron chi connectivity index (χ0n) is 23.1. The lowest BCUT2D eigenvalue weighted by Crippen LogP contribution is -2.11. The maximum absolute atomic E-state index is 6.06. The molecule has 1 aliphatic rings. The van der Waals surface area contributed by atoms with Gasteiger partial charge in [-0.25, -0.2) is 0 Å². The molecule has 4 heterocycles. The summed E-state index contributed by atoms with van der Waals surface area (Å²) in [5.74, 6) is 0. The monoisotopic (exact) mass is 552 g/mol. The van der Waals surface area contributed by atoms with Crippen LogP contribution in [-0.4, -0.2) is 18.7 Å². The number of fused-ring (bicyclic) bond motifs is 11. The first-order chi connectivity index (χ1) is 21.3. The summed E-state index contributed by atoms with van der Waals surface area (Å²) in [6.45, 7) is 0.535. The Morgan fingerprint density at radius 1 is 0.465 bits per heavy atom. The molecule has 202 valence electrons. The van der Waals surface area contributed by atoms with E-state index in [9.17, 15) is 0 Å². The van der Waals surface area contributed by atoms with E-state index < -0.39 is 0 Å². The highest BCUT2D eigenvalue weighted by Gasteiger charge is 2.22. The first kappa shape index (κ1) is 22.8. The summed E-state index contributed by atoms with van der Waals surface area (Å²) >= 11 is 0. The Hall–Kier alpha value is -5.81. The summed E-state index contributed by atoms with van der Waals surface area (Å²) in [7, 11) is 0. The van der Waals surface area contributed by atoms with Crippen molar-refractivity contribution in [2.24, 2.45) is 0 Å². The van der Waals surface area contributed by atoms with Crippen LogP contribution in [0.15, 0.2) is 133 Å². The van der Waals surface area contributed by atoms with Crippen molar-refractivity contribution in [2.45, 2.75) is 6.61 Å². The van der Waals surface area contributed by atoms with Gasteiger partial charge in [0, 0.05) is 38.5 Å². The summed E-state index contributed by atoms with van der Waals surface area (Å²) in [6, 6.07) is 48.4. The van der Waals surface area contributed by atoms with Gasteiger partial charge in [0.1, 0.15) is 6.61 Å². The largest absolute Gasteiger partial charge is 0.459 e. The third kappa shape index (κ3) is 3.08. The van der Waals surface area contributed by atoms with Gasteiger partial charge in [0.15, 0.2) is 0 Å². The molecule has 0 amide bonds. The second kappa shape index (κ2) is 8.37. The zero-order valence-corrected chi connectivity index (χ0v) is 23.1. The van der Waals surface area contributed by atoms with Gasteiger partial charge in [-0.2, -0.15) is 4.98 Å². The van der Waals surface area contributed by atoms with Crippen LogP contribution in [0.3, 0.4) is 0 Å². The number of imidazole rings is 1. The number of nitrogens with zero attached hydrogens (tertiary/aromatic N) is 4. The van der Waals surface area contributed by atoms with E-state index in [-0.39, 0.29) is 0 Å². The topological polar surface area (TPSA) is 36.9 Å². The second-order valence-corrected chi connectivity index (χ2v) is 11.2. The van der Waals surface area contributed by atoms with Crippen LogP contribution in [0.1, 0.15) is 5.56 Å². The number of para-hydroxylation sites is 4. The van der Waals surface area contributed by atoms with Gasteiger partial charge >= 0.3 is 6.01 Å². The minimum atomic E-state index is 0.535. The second-order valence-electron chi connectivity index (χ2n) is 11.2. The molecule has 1 aliphatic heterocycles. The number of aromatic nitrogens is 4. The quantitative estimate of drug-likeness (QED) is 0.214. The Labute approximate surface area is 246 Å². The minimum Gasteiger partial charge on any atom is -0.459 e. The zero-order chi connectivity index (χ0) is 28.1. The predicted octanol–water partition coefficient (Wildman–Crippen LogP) is 9.11. The van der Waals surface area contributed by atoms with Crippen LogP contribution in [0, 0.1) is 0 Å². The molecule has 3 aromatic heterocycles. The Kier molecular flexibility index (Phi) is 4.44. The van der Waals surface area contributed by atoms with E-state index >= 15 is 0 Å². The molecule has 0 fully saturated rings. The van der Waals surface area contributed by atoms with E-state index in [2.05, 4.69) is 147 Å². The predicted molar refractivity (Wildman–Crippen MR) is 174 cm³/mol. The minimum absolute atomic E-state index is 0.535. The van der Waals surface area contributed by atoms with Crippen molar-refractivity contribution in [2.75, 3.05) is 0 Å². The molecule has 10 rings (SSSR count). The molecule has 6 aromatic carbocycles. The van der Waals surface area contributed by atoms with E-state index in [4.69, 9.17) is 9.72 Å². The van der Waals surface area contributed by atoms with Crippen molar-refractivity contribution in [3.05, 3.63) is 139 Å². The Balaban J connectivity index is 1.21. The van der Waals surface area contributed by atoms with Gasteiger partial charge in [0.05, 0.1) is 38.8 Å². The lowest BCUT2D eigenvalue weighted by atomic mass is 10.1.